The summed E-state index contributed by atoms with van der Waals surface area (Å²) in [4.78, 5) is 4.94. The molecule has 220 valence electrons. The van der Waals surface area contributed by atoms with E-state index in [1.165, 1.54) is 77.9 Å². The zero-order chi connectivity index (χ0) is 30.7. The van der Waals surface area contributed by atoms with Gasteiger partial charge in [0, 0.05) is 11.5 Å². The van der Waals surface area contributed by atoms with E-state index in [-0.39, 0.29) is 5.41 Å². The quantitative estimate of drug-likeness (QED) is 0.194. The first-order valence-corrected chi connectivity index (χ1v) is 16.7. The molecule has 0 N–H and O–H groups in total. The molecule has 0 amide bonds. The van der Waals surface area contributed by atoms with Gasteiger partial charge in [-0.1, -0.05) is 133 Å². The molecule has 2 heteroatoms. The van der Waals surface area contributed by atoms with Crippen molar-refractivity contribution >= 4 is 16.6 Å². The van der Waals surface area contributed by atoms with Gasteiger partial charge in [0.25, 0.3) is 0 Å². The van der Waals surface area contributed by atoms with Crippen LogP contribution in [0, 0.1) is 0 Å². The lowest BCUT2D eigenvalue weighted by molar-refractivity contribution is 0.784. The Hall–Kier alpha value is -5.73. The normalized spacial score (nSPS) is 17.2. The minimum atomic E-state index is -0.294. The maximum absolute atomic E-state index is 4.94. The summed E-state index contributed by atoms with van der Waals surface area (Å²) in [6, 6.07) is 49.8. The predicted octanol–water partition coefficient (Wildman–Crippen LogP) is 10.5. The molecule has 11 rings (SSSR count). The van der Waals surface area contributed by atoms with Gasteiger partial charge in [0.05, 0.1) is 23.0 Å². The van der Waals surface area contributed by atoms with Crippen LogP contribution in [0.3, 0.4) is 0 Å². The molecule has 2 nitrogen and oxygen atoms in total. The van der Waals surface area contributed by atoms with Gasteiger partial charge in [-0.3, -0.25) is 0 Å². The van der Waals surface area contributed by atoms with Crippen LogP contribution < -0.4 is 0 Å². The first-order chi connectivity index (χ1) is 23.3. The number of benzene rings is 6. The first kappa shape index (κ1) is 25.5. The Kier molecular flexibility index (Phi) is 4.97. The molecule has 3 aliphatic carbocycles. The van der Waals surface area contributed by atoms with Crippen molar-refractivity contribution in [3.63, 3.8) is 0 Å². The van der Waals surface area contributed by atoms with Gasteiger partial charge in [-0.25, -0.2) is 4.98 Å². The van der Waals surface area contributed by atoms with Crippen molar-refractivity contribution in [2.24, 2.45) is 0 Å². The van der Waals surface area contributed by atoms with Crippen molar-refractivity contribution in [3.8, 4) is 33.6 Å². The second-order valence-corrected chi connectivity index (χ2v) is 13.4. The summed E-state index contributed by atoms with van der Waals surface area (Å²) in [7, 11) is 0. The van der Waals surface area contributed by atoms with Crippen LogP contribution in [0.2, 0.25) is 0 Å². The van der Waals surface area contributed by atoms with Crippen LogP contribution >= 0.6 is 0 Å². The van der Waals surface area contributed by atoms with Crippen molar-refractivity contribution < 1.29 is 0 Å². The van der Waals surface area contributed by atoms with Crippen LogP contribution in [-0.2, 0) is 12.0 Å². The molecule has 1 aliphatic heterocycles. The number of hydrogen-bond donors (Lipinski definition) is 0. The lowest BCUT2D eigenvalue weighted by Crippen LogP contribution is -2.26. The van der Waals surface area contributed by atoms with E-state index >= 15 is 0 Å². The van der Waals surface area contributed by atoms with Gasteiger partial charge in [0.2, 0.25) is 0 Å². The van der Waals surface area contributed by atoms with E-state index in [0.717, 1.165) is 24.3 Å². The van der Waals surface area contributed by atoms with Crippen molar-refractivity contribution in [3.05, 3.63) is 191 Å². The van der Waals surface area contributed by atoms with Gasteiger partial charge in [-0.05, 0) is 91.4 Å². The third kappa shape index (κ3) is 3.27. The zero-order valence-corrected chi connectivity index (χ0v) is 25.8. The fourth-order valence-corrected chi connectivity index (χ4v) is 9.16. The average Bonchev–Trinajstić information content (AvgIpc) is 3.85. The number of para-hydroxylation sites is 2. The molecule has 47 heavy (non-hydrogen) atoms. The van der Waals surface area contributed by atoms with Gasteiger partial charge in [-0.2, -0.15) is 0 Å². The van der Waals surface area contributed by atoms with Crippen molar-refractivity contribution in [1.29, 1.82) is 0 Å². The van der Waals surface area contributed by atoms with Crippen LogP contribution in [0.15, 0.2) is 152 Å². The minimum Gasteiger partial charge on any atom is -0.319 e. The summed E-state index contributed by atoms with van der Waals surface area (Å²) in [6.45, 7) is 0.879. The van der Waals surface area contributed by atoms with E-state index in [1.807, 2.05) is 0 Å². The number of fused-ring (bicyclic) bond motifs is 15. The van der Waals surface area contributed by atoms with Crippen LogP contribution in [0.4, 0.5) is 0 Å². The van der Waals surface area contributed by atoms with E-state index in [2.05, 4.69) is 156 Å². The van der Waals surface area contributed by atoms with Crippen LogP contribution in [-0.4, -0.2) is 9.55 Å². The summed E-state index contributed by atoms with van der Waals surface area (Å²) in [6.07, 6.45) is 8.19. The number of allylic oxidation sites excluding steroid dienone is 4. The Morgan fingerprint density at radius 1 is 0.596 bits per heavy atom. The second-order valence-electron chi connectivity index (χ2n) is 13.4. The monoisotopic (exact) mass is 598 g/mol. The fourth-order valence-electron chi connectivity index (χ4n) is 9.16. The Morgan fingerprint density at radius 3 is 1.94 bits per heavy atom. The first-order valence-electron chi connectivity index (χ1n) is 16.7. The number of rotatable bonds is 2. The summed E-state index contributed by atoms with van der Waals surface area (Å²) in [5.41, 5.74) is 19.6. The van der Waals surface area contributed by atoms with Crippen molar-refractivity contribution in [2.45, 2.75) is 24.3 Å². The fraction of sp³-hybridized carbons (Fsp3) is 0.0889. The highest BCUT2D eigenvalue weighted by Gasteiger charge is 2.51. The van der Waals surface area contributed by atoms with Gasteiger partial charge in [-0.15, -0.1) is 0 Å². The maximum Gasteiger partial charge on any atom is 0.141 e. The molecule has 0 bridgehead atoms. The lowest BCUT2D eigenvalue weighted by Gasteiger charge is -2.31. The smallest absolute Gasteiger partial charge is 0.141 e. The van der Waals surface area contributed by atoms with Gasteiger partial charge in [0.15, 0.2) is 0 Å². The van der Waals surface area contributed by atoms with E-state index in [0.29, 0.717) is 5.92 Å². The molecule has 1 spiro atoms. The molecule has 2 heterocycles. The Balaban J connectivity index is 0.966. The van der Waals surface area contributed by atoms with Gasteiger partial charge >= 0.3 is 0 Å². The average molecular weight is 599 g/mol. The summed E-state index contributed by atoms with van der Waals surface area (Å²) < 4.78 is 2.35. The molecule has 1 aromatic heterocycles. The largest absolute Gasteiger partial charge is 0.319 e. The standard InChI is InChI=1S/C45H30N2/c1-4-12-38-34(9-1)35-10-2-5-13-39(35)45(38)40-14-6-3-11-36(40)37-24-22-31(26-41(37)45)29-19-17-28(18-20-29)30-21-23-33-32(25-30)27-47-43-16-8-7-15-42(43)46-44(33)47/h1-19,21-26,29H,20,27H2. The summed E-state index contributed by atoms with van der Waals surface area (Å²) in [5, 5.41) is 0. The Labute approximate surface area is 274 Å². The highest BCUT2D eigenvalue weighted by atomic mass is 15.1. The number of nitrogens with zero attached hydrogens (tertiary/aromatic N) is 2. The molecule has 4 aliphatic rings. The van der Waals surface area contributed by atoms with Gasteiger partial charge in [0.1, 0.15) is 5.82 Å². The molecular weight excluding hydrogens is 569 g/mol. The molecule has 1 unspecified atom stereocenters. The summed E-state index contributed by atoms with van der Waals surface area (Å²) >= 11 is 0. The van der Waals surface area contributed by atoms with E-state index < -0.39 is 0 Å². The van der Waals surface area contributed by atoms with E-state index in [1.54, 1.807) is 0 Å². The number of imidazole rings is 1. The molecule has 0 saturated heterocycles. The lowest BCUT2D eigenvalue weighted by atomic mass is 9.70. The molecule has 7 aromatic rings. The van der Waals surface area contributed by atoms with E-state index in [4.69, 9.17) is 4.98 Å². The molecule has 0 saturated carbocycles. The molecule has 0 radical (unpaired) electrons. The van der Waals surface area contributed by atoms with Crippen molar-refractivity contribution in [1.82, 2.24) is 9.55 Å². The highest BCUT2D eigenvalue weighted by molar-refractivity contribution is 5.95. The Morgan fingerprint density at radius 2 is 1.23 bits per heavy atom. The van der Waals surface area contributed by atoms with Crippen LogP contribution in [0.1, 0.15) is 51.3 Å². The van der Waals surface area contributed by atoms with Crippen LogP contribution in [0.25, 0.3) is 50.2 Å². The third-order valence-corrected chi connectivity index (χ3v) is 11.2. The topological polar surface area (TPSA) is 17.8 Å². The summed E-state index contributed by atoms with van der Waals surface area (Å²) in [5.74, 6) is 1.42. The van der Waals surface area contributed by atoms with Crippen molar-refractivity contribution in [2.75, 3.05) is 0 Å². The minimum absolute atomic E-state index is 0.294. The third-order valence-electron chi connectivity index (χ3n) is 11.2. The van der Waals surface area contributed by atoms with Crippen LogP contribution in [0.5, 0.6) is 0 Å². The molecule has 1 atom stereocenters. The molecule has 6 aromatic carbocycles. The number of aromatic nitrogens is 2. The second kappa shape index (κ2) is 9.18. The molecule has 0 fully saturated rings. The number of hydrogen-bond acceptors (Lipinski definition) is 1. The maximum atomic E-state index is 4.94. The Bertz CT molecular complexity index is 2480. The highest BCUT2D eigenvalue weighted by Crippen LogP contribution is 2.63. The predicted molar refractivity (Wildman–Crippen MR) is 191 cm³/mol. The molecular formula is C45H30N2. The van der Waals surface area contributed by atoms with E-state index in [9.17, 15) is 0 Å². The zero-order valence-electron chi connectivity index (χ0n) is 25.8. The SMILES string of the molecule is C1=CC(c2ccc3c(c2)C2(c4ccccc4-c4ccccc42)c2ccccc2-3)CC=C1c1ccc2c(c1)Cn1c-2nc2ccccc21. The van der Waals surface area contributed by atoms with Gasteiger partial charge < -0.3 is 4.57 Å².